The van der Waals surface area contributed by atoms with Crippen LogP contribution in [0.4, 0.5) is 0 Å². The van der Waals surface area contributed by atoms with Crippen molar-refractivity contribution < 1.29 is 9.90 Å². The van der Waals surface area contributed by atoms with Gasteiger partial charge in [0.15, 0.2) is 0 Å². The molecule has 0 bridgehead atoms. The van der Waals surface area contributed by atoms with Crippen LogP contribution in [0.3, 0.4) is 0 Å². The first-order valence-electron chi connectivity index (χ1n) is 5.25. The highest BCUT2D eigenvalue weighted by Crippen LogP contribution is 2.32. The maximum absolute atomic E-state index is 10.5. The van der Waals surface area contributed by atoms with E-state index in [2.05, 4.69) is 21.7 Å². The largest absolute Gasteiger partial charge is 0.481 e. The molecule has 2 rings (SSSR count). The first-order chi connectivity index (χ1) is 7.27. The Labute approximate surface area is 93.3 Å². The molecule has 15 heavy (non-hydrogen) atoms. The quantitative estimate of drug-likeness (QED) is 0.855. The Hall–Kier alpha value is -0.870. The van der Waals surface area contributed by atoms with Gasteiger partial charge in [0.2, 0.25) is 0 Å². The van der Waals surface area contributed by atoms with Crippen molar-refractivity contribution in [1.82, 2.24) is 4.90 Å². The van der Waals surface area contributed by atoms with Crippen molar-refractivity contribution in [3.63, 3.8) is 0 Å². The van der Waals surface area contributed by atoms with Crippen molar-refractivity contribution >= 4 is 17.3 Å². The number of carboxylic acids is 1. The van der Waals surface area contributed by atoms with Gasteiger partial charge >= 0.3 is 5.97 Å². The van der Waals surface area contributed by atoms with E-state index in [4.69, 9.17) is 5.11 Å². The van der Waals surface area contributed by atoms with E-state index in [9.17, 15) is 4.79 Å². The van der Waals surface area contributed by atoms with E-state index in [0.717, 1.165) is 13.0 Å². The molecule has 82 valence electrons. The summed E-state index contributed by atoms with van der Waals surface area (Å²) in [6, 6.07) is 2.60. The van der Waals surface area contributed by atoms with Crippen LogP contribution in [-0.4, -0.2) is 29.1 Å². The fourth-order valence-electron chi connectivity index (χ4n) is 2.18. The van der Waals surface area contributed by atoms with Crippen LogP contribution in [-0.2, 0) is 4.79 Å². The second-order valence-electron chi connectivity index (χ2n) is 3.89. The summed E-state index contributed by atoms with van der Waals surface area (Å²) in [6.07, 6.45) is 2.59. The van der Waals surface area contributed by atoms with Crippen LogP contribution in [0, 0.1) is 0 Å². The Morgan fingerprint density at radius 1 is 1.67 bits per heavy atom. The van der Waals surface area contributed by atoms with Gasteiger partial charge in [-0.1, -0.05) is 0 Å². The zero-order chi connectivity index (χ0) is 10.7. The van der Waals surface area contributed by atoms with E-state index in [1.807, 2.05) is 0 Å². The number of hydrogen-bond acceptors (Lipinski definition) is 3. The monoisotopic (exact) mass is 225 g/mol. The molecule has 0 unspecified atom stereocenters. The van der Waals surface area contributed by atoms with Gasteiger partial charge in [-0.25, -0.2) is 0 Å². The van der Waals surface area contributed by atoms with E-state index in [-0.39, 0.29) is 6.42 Å². The first-order valence-corrected chi connectivity index (χ1v) is 6.19. The highest BCUT2D eigenvalue weighted by Gasteiger charge is 2.26. The van der Waals surface area contributed by atoms with Gasteiger partial charge in [-0.2, -0.15) is 11.3 Å². The van der Waals surface area contributed by atoms with Gasteiger partial charge in [0, 0.05) is 12.6 Å². The molecule has 1 N–H and O–H groups in total. The van der Waals surface area contributed by atoms with Crippen LogP contribution in [0.25, 0.3) is 0 Å². The third kappa shape index (κ3) is 2.58. The second-order valence-corrected chi connectivity index (χ2v) is 4.67. The highest BCUT2D eigenvalue weighted by atomic mass is 32.1. The van der Waals surface area contributed by atoms with Gasteiger partial charge in [0.1, 0.15) is 0 Å². The number of rotatable bonds is 4. The number of carbonyl (C=O) groups is 1. The minimum absolute atomic E-state index is 0.251. The summed E-state index contributed by atoms with van der Waals surface area (Å²) >= 11 is 1.71. The van der Waals surface area contributed by atoms with E-state index in [1.165, 1.54) is 12.0 Å². The summed E-state index contributed by atoms with van der Waals surface area (Å²) in [5.41, 5.74) is 1.35. The molecule has 3 nitrogen and oxygen atoms in total. The molecule has 1 atom stereocenters. The number of likely N-dealkylation sites (tertiary alicyclic amines) is 1. The van der Waals surface area contributed by atoms with Crippen LogP contribution < -0.4 is 0 Å². The molecule has 1 aromatic heterocycles. The topological polar surface area (TPSA) is 40.5 Å². The second kappa shape index (κ2) is 4.77. The zero-order valence-electron chi connectivity index (χ0n) is 8.56. The highest BCUT2D eigenvalue weighted by molar-refractivity contribution is 7.07. The molecular formula is C11H15NO2S. The van der Waals surface area contributed by atoms with Crippen LogP contribution in [0.15, 0.2) is 16.8 Å². The third-order valence-electron chi connectivity index (χ3n) is 2.90. The standard InChI is InChI=1S/C11H15NO2S/c13-11(14)3-6-12-5-1-2-10(12)9-4-7-15-8-9/h4,7-8,10H,1-3,5-6H2,(H,13,14)/t10-/m0/s1. The lowest BCUT2D eigenvalue weighted by Gasteiger charge is -2.22. The number of hydrogen-bond donors (Lipinski definition) is 1. The zero-order valence-corrected chi connectivity index (χ0v) is 9.37. The normalized spacial score (nSPS) is 22.0. The first kappa shape index (κ1) is 10.6. The van der Waals surface area contributed by atoms with Gasteiger partial charge in [0.05, 0.1) is 6.42 Å². The Bertz CT molecular complexity index is 323. The molecule has 1 fully saturated rings. The average molecular weight is 225 g/mol. The van der Waals surface area contributed by atoms with Crippen molar-refractivity contribution in [2.24, 2.45) is 0 Å². The SMILES string of the molecule is O=C(O)CCN1CCC[C@H]1c1ccsc1. The van der Waals surface area contributed by atoms with Crippen LogP contribution in [0.5, 0.6) is 0 Å². The minimum atomic E-state index is -0.703. The molecular weight excluding hydrogens is 210 g/mol. The van der Waals surface area contributed by atoms with Gasteiger partial charge in [-0.05, 0) is 41.8 Å². The smallest absolute Gasteiger partial charge is 0.304 e. The Morgan fingerprint density at radius 3 is 3.20 bits per heavy atom. The van der Waals surface area contributed by atoms with Gasteiger partial charge < -0.3 is 5.11 Å². The molecule has 0 aromatic carbocycles. The van der Waals surface area contributed by atoms with Gasteiger partial charge in [0.25, 0.3) is 0 Å². The summed E-state index contributed by atoms with van der Waals surface area (Å²) in [6.45, 7) is 1.71. The lowest BCUT2D eigenvalue weighted by atomic mass is 10.1. The summed E-state index contributed by atoms with van der Waals surface area (Å²) in [4.78, 5) is 12.8. The van der Waals surface area contributed by atoms with E-state index >= 15 is 0 Å². The minimum Gasteiger partial charge on any atom is -0.481 e. The number of nitrogens with zero attached hydrogens (tertiary/aromatic N) is 1. The molecule has 0 amide bonds. The fourth-order valence-corrected chi connectivity index (χ4v) is 2.88. The van der Waals surface area contributed by atoms with Crippen molar-refractivity contribution in [3.8, 4) is 0 Å². The van der Waals surface area contributed by atoms with E-state index in [1.54, 1.807) is 11.3 Å². The van der Waals surface area contributed by atoms with Gasteiger partial charge in [-0.15, -0.1) is 0 Å². The summed E-state index contributed by atoms with van der Waals surface area (Å²) < 4.78 is 0. The number of carboxylic acid groups (broad SMARTS) is 1. The number of aliphatic carboxylic acids is 1. The Kier molecular flexibility index (Phi) is 3.38. The van der Waals surface area contributed by atoms with Crippen molar-refractivity contribution in [3.05, 3.63) is 22.4 Å². The molecule has 0 aliphatic carbocycles. The van der Waals surface area contributed by atoms with Crippen molar-refractivity contribution in [2.45, 2.75) is 25.3 Å². The molecule has 4 heteroatoms. The third-order valence-corrected chi connectivity index (χ3v) is 3.61. The molecule has 0 radical (unpaired) electrons. The molecule has 0 spiro atoms. The Balaban J connectivity index is 1.96. The van der Waals surface area contributed by atoms with Crippen LogP contribution in [0.2, 0.25) is 0 Å². The molecule has 1 saturated heterocycles. The van der Waals surface area contributed by atoms with Crippen LogP contribution >= 0.6 is 11.3 Å². The molecule has 1 aliphatic rings. The lowest BCUT2D eigenvalue weighted by Crippen LogP contribution is -2.25. The summed E-state index contributed by atoms with van der Waals surface area (Å²) in [7, 11) is 0. The predicted molar refractivity (Wildman–Crippen MR) is 60.1 cm³/mol. The molecule has 2 heterocycles. The van der Waals surface area contributed by atoms with Gasteiger partial charge in [-0.3, -0.25) is 9.69 Å². The maximum Gasteiger partial charge on any atom is 0.304 e. The lowest BCUT2D eigenvalue weighted by molar-refractivity contribution is -0.137. The fraction of sp³-hybridized carbons (Fsp3) is 0.545. The van der Waals surface area contributed by atoms with Crippen LogP contribution in [0.1, 0.15) is 30.9 Å². The number of thiophene rings is 1. The maximum atomic E-state index is 10.5. The van der Waals surface area contributed by atoms with E-state index in [0.29, 0.717) is 12.6 Å². The Morgan fingerprint density at radius 2 is 2.53 bits per heavy atom. The molecule has 1 aromatic rings. The van der Waals surface area contributed by atoms with E-state index < -0.39 is 5.97 Å². The predicted octanol–water partition coefficient (Wildman–Crippen LogP) is 2.36. The van der Waals surface area contributed by atoms with Crippen molar-refractivity contribution in [1.29, 1.82) is 0 Å². The average Bonchev–Trinajstić information content (AvgIpc) is 2.85. The van der Waals surface area contributed by atoms with Crippen molar-refractivity contribution in [2.75, 3.05) is 13.1 Å². The summed E-state index contributed by atoms with van der Waals surface area (Å²) in [5.74, 6) is -0.703. The molecule has 1 aliphatic heterocycles. The summed E-state index contributed by atoms with van der Waals surface area (Å²) in [5, 5.41) is 12.9. The molecule has 0 saturated carbocycles.